The molecule has 0 bridgehead atoms. The van der Waals surface area contributed by atoms with Crippen molar-refractivity contribution in [2.45, 2.75) is 6.04 Å². The Kier molecular flexibility index (Phi) is 0.664. The zero-order chi connectivity index (χ0) is 4.69. The van der Waals surface area contributed by atoms with Crippen LogP contribution in [0.3, 0.4) is 0 Å². The quantitative estimate of drug-likeness (QED) is 0.418. The van der Waals surface area contributed by atoms with Gasteiger partial charge in [-0.15, -0.1) is 0 Å². The monoisotopic (exact) mass is 99.1 g/mol. The van der Waals surface area contributed by atoms with E-state index in [2.05, 4.69) is 4.90 Å². The Morgan fingerprint density at radius 3 is 2.14 bits per heavy atom. The summed E-state index contributed by atoms with van der Waals surface area (Å²) >= 11 is 0. The van der Waals surface area contributed by atoms with Gasteiger partial charge in [0.1, 0.15) is 0 Å². The zero-order valence-corrected chi connectivity index (χ0v) is 4.26. The highest BCUT2D eigenvalue weighted by Gasteiger charge is 2.32. The summed E-state index contributed by atoms with van der Waals surface area (Å²) in [6.07, 6.45) is 0. The minimum Gasteiger partial charge on any atom is -0.378 e. The molecule has 2 rings (SSSR count). The van der Waals surface area contributed by atoms with Gasteiger partial charge in [-0.25, -0.2) is 0 Å². The van der Waals surface area contributed by atoms with E-state index < -0.39 is 0 Å². The van der Waals surface area contributed by atoms with Gasteiger partial charge >= 0.3 is 0 Å². The van der Waals surface area contributed by atoms with Gasteiger partial charge in [-0.05, 0) is 0 Å². The van der Waals surface area contributed by atoms with Gasteiger partial charge in [0, 0.05) is 13.1 Å². The molecule has 0 saturated carbocycles. The highest BCUT2D eigenvalue weighted by atomic mass is 16.5. The summed E-state index contributed by atoms with van der Waals surface area (Å²) in [5, 5.41) is 0. The van der Waals surface area contributed by atoms with Crippen molar-refractivity contribution in [1.82, 2.24) is 4.90 Å². The summed E-state index contributed by atoms with van der Waals surface area (Å²) < 4.78 is 4.99. The molecule has 40 valence electrons. The van der Waals surface area contributed by atoms with Crippen molar-refractivity contribution in [3.05, 3.63) is 0 Å². The fraction of sp³-hybridized carbons (Fsp3) is 1.00. The Bertz CT molecular complexity index is 76.1. The van der Waals surface area contributed by atoms with E-state index in [-0.39, 0.29) is 0 Å². The largest absolute Gasteiger partial charge is 0.378 e. The first-order valence-electron chi connectivity index (χ1n) is 2.78. The first-order chi connectivity index (χ1) is 3.47. The Labute approximate surface area is 43.1 Å². The fourth-order valence-electron chi connectivity index (χ4n) is 0.857. The molecule has 0 aromatic rings. The SMILES string of the molecule is C1OCC1N1CC1. The standard InChI is InChI=1S/C5H9NO/c1-2-6(1)5-3-7-4-5/h5H,1-4H2. The minimum atomic E-state index is 0.806. The lowest BCUT2D eigenvalue weighted by molar-refractivity contribution is -0.0300. The third-order valence-electron chi connectivity index (χ3n) is 1.62. The van der Waals surface area contributed by atoms with Crippen LogP contribution in [0.25, 0.3) is 0 Å². The zero-order valence-electron chi connectivity index (χ0n) is 4.26. The summed E-state index contributed by atoms with van der Waals surface area (Å²) in [6.45, 7) is 4.60. The second kappa shape index (κ2) is 1.20. The smallest absolute Gasteiger partial charge is 0.0645 e. The number of rotatable bonds is 1. The first kappa shape index (κ1) is 3.87. The van der Waals surface area contributed by atoms with Gasteiger partial charge in [0.15, 0.2) is 0 Å². The number of hydrogen-bond donors (Lipinski definition) is 0. The van der Waals surface area contributed by atoms with Gasteiger partial charge in [0.05, 0.1) is 19.3 Å². The second-order valence-corrected chi connectivity index (χ2v) is 2.23. The average Bonchev–Trinajstić information content (AvgIpc) is 2.10. The maximum atomic E-state index is 4.99. The van der Waals surface area contributed by atoms with Crippen LogP contribution in [0.2, 0.25) is 0 Å². The molecule has 0 unspecified atom stereocenters. The van der Waals surface area contributed by atoms with Crippen molar-refractivity contribution in [1.29, 1.82) is 0 Å². The van der Waals surface area contributed by atoms with E-state index in [4.69, 9.17) is 4.74 Å². The molecule has 0 N–H and O–H groups in total. The van der Waals surface area contributed by atoms with Crippen LogP contribution in [-0.2, 0) is 4.74 Å². The fourth-order valence-corrected chi connectivity index (χ4v) is 0.857. The third kappa shape index (κ3) is 0.545. The van der Waals surface area contributed by atoms with Crippen molar-refractivity contribution in [2.24, 2.45) is 0 Å². The predicted octanol–water partition coefficient (Wildman–Crippen LogP) is -0.299. The van der Waals surface area contributed by atoms with Crippen LogP contribution >= 0.6 is 0 Å². The summed E-state index contributed by atoms with van der Waals surface area (Å²) in [5.41, 5.74) is 0. The molecule has 0 spiro atoms. The highest BCUT2D eigenvalue weighted by molar-refractivity contribution is 4.85. The van der Waals surface area contributed by atoms with Crippen LogP contribution in [-0.4, -0.2) is 37.2 Å². The molecule has 0 radical (unpaired) electrons. The Morgan fingerprint density at radius 1 is 1.29 bits per heavy atom. The van der Waals surface area contributed by atoms with E-state index >= 15 is 0 Å². The van der Waals surface area contributed by atoms with Crippen molar-refractivity contribution < 1.29 is 4.74 Å². The second-order valence-electron chi connectivity index (χ2n) is 2.23. The Balaban J connectivity index is 1.83. The van der Waals surface area contributed by atoms with Crippen LogP contribution in [0.5, 0.6) is 0 Å². The molecule has 7 heavy (non-hydrogen) atoms. The maximum absolute atomic E-state index is 4.99. The van der Waals surface area contributed by atoms with Gasteiger partial charge in [-0.1, -0.05) is 0 Å². The molecule has 2 fully saturated rings. The van der Waals surface area contributed by atoms with E-state index in [1.807, 2.05) is 0 Å². The number of hydrogen-bond acceptors (Lipinski definition) is 2. The minimum absolute atomic E-state index is 0.806. The molecule has 0 amide bonds. The van der Waals surface area contributed by atoms with Gasteiger partial charge in [0.2, 0.25) is 0 Å². The lowest BCUT2D eigenvalue weighted by Gasteiger charge is -2.26. The molecule has 2 aliphatic heterocycles. The van der Waals surface area contributed by atoms with Crippen molar-refractivity contribution in [2.75, 3.05) is 26.3 Å². The molecule has 2 heteroatoms. The molecule has 0 aliphatic carbocycles. The van der Waals surface area contributed by atoms with E-state index in [1.54, 1.807) is 0 Å². The van der Waals surface area contributed by atoms with E-state index in [0.717, 1.165) is 19.3 Å². The normalized spacial score (nSPS) is 32.6. The Hall–Kier alpha value is -0.0800. The summed E-state index contributed by atoms with van der Waals surface area (Å²) in [5.74, 6) is 0. The average molecular weight is 99.1 g/mol. The molecule has 0 atom stereocenters. The lowest BCUT2D eigenvalue weighted by Crippen LogP contribution is -2.39. The molecule has 0 aromatic carbocycles. The van der Waals surface area contributed by atoms with Gasteiger partial charge in [-0.2, -0.15) is 0 Å². The van der Waals surface area contributed by atoms with Gasteiger partial charge in [-0.3, -0.25) is 4.90 Å². The Morgan fingerprint density at radius 2 is 2.00 bits per heavy atom. The van der Waals surface area contributed by atoms with Crippen LogP contribution < -0.4 is 0 Å². The molecule has 0 aromatic heterocycles. The third-order valence-corrected chi connectivity index (χ3v) is 1.62. The van der Waals surface area contributed by atoms with E-state index in [9.17, 15) is 0 Å². The molecule has 2 saturated heterocycles. The van der Waals surface area contributed by atoms with Gasteiger partial charge in [0.25, 0.3) is 0 Å². The molecular formula is C5H9NO. The summed E-state index contributed by atoms with van der Waals surface area (Å²) in [4.78, 5) is 2.43. The van der Waals surface area contributed by atoms with Crippen molar-refractivity contribution >= 4 is 0 Å². The topological polar surface area (TPSA) is 12.2 Å². The molecule has 2 heterocycles. The van der Waals surface area contributed by atoms with Crippen LogP contribution in [0.4, 0.5) is 0 Å². The summed E-state index contributed by atoms with van der Waals surface area (Å²) in [7, 11) is 0. The summed E-state index contributed by atoms with van der Waals surface area (Å²) in [6, 6.07) is 0.806. The van der Waals surface area contributed by atoms with Crippen molar-refractivity contribution in [3.63, 3.8) is 0 Å². The number of nitrogens with zero attached hydrogens (tertiary/aromatic N) is 1. The molecular weight excluding hydrogens is 90.1 g/mol. The van der Waals surface area contributed by atoms with Crippen LogP contribution in [0.1, 0.15) is 0 Å². The predicted molar refractivity (Wildman–Crippen MR) is 26.2 cm³/mol. The number of ether oxygens (including phenoxy) is 1. The van der Waals surface area contributed by atoms with E-state index in [1.165, 1.54) is 13.1 Å². The first-order valence-corrected chi connectivity index (χ1v) is 2.78. The molecule has 2 nitrogen and oxygen atoms in total. The lowest BCUT2D eigenvalue weighted by atomic mass is 10.3. The maximum Gasteiger partial charge on any atom is 0.0645 e. The highest BCUT2D eigenvalue weighted by Crippen LogP contribution is 2.16. The molecule has 2 aliphatic rings. The van der Waals surface area contributed by atoms with Crippen molar-refractivity contribution in [3.8, 4) is 0 Å². The van der Waals surface area contributed by atoms with Crippen LogP contribution in [0.15, 0.2) is 0 Å². The van der Waals surface area contributed by atoms with Crippen LogP contribution in [0, 0.1) is 0 Å². The van der Waals surface area contributed by atoms with E-state index in [0.29, 0.717) is 0 Å². The van der Waals surface area contributed by atoms with Gasteiger partial charge < -0.3 is 4.74 Å².